The molecule has 1 aromatic heterocycles. The van der Waals surface area contributed by atoms with Gasteiger partial charge in [-0.2, -0.15) is 0 Å². The lowest BCUT2D eigenvalue weighted by Crippen LogP contribution is -2.33. The number of halogens is 2. The average Bonchev–Trinajstić information content (AvgIpc) is 3.20. The molecule has 0 bridgehead atoms. The maximum atomic E-state index is 12.3. The molecule has 1 amide bonds. The number of carbonyl (C=O) groups is 1. The normalized spacial score (nSPS) is 12.0. The summed E-state index contributed by atoms with van der Waals surface area (Å²) < 4.78 is 5.75. The Morgan fingerprint density at radius 3 is 2.55 bits per heavy atom. The van der Waals surface area contributed by atoms with Crippen LogP contribution in [0.25, 0.3) is 17.4 Å². The maximum absolute atomic E-state index is 12.3. The third-order valence-corrected chi connectivity index (χ3v) is 5.40. The van der Waals surface area contributed by atoms with Crippen LogP contribution in [0.1, 0.15) is 37.5 Å². The molecule has 1 unspecified atom stereocenters. The zero-order valence-electron chi connectivity index (χ0n) is 17.1. The van der Waals surface area contributed by atoms with Gasteiger partial charge in [-0.15, -0.1) is 0 Å². The molecule has 1 heterocycles. The van der Waals surface area contributed by atoms with Gasteiger partial charge in [0, 0.05) is 27.4 Å². The third kappa shape index (κ3) is 6.44. The molecule has 0 fully saturated rings. The van der Waals surface area contributed by atoms with Gasteiger partial charge < -0.3 is 9.73 Å². The van der Waals surface area contributed by atoms with Gasteiger partial charge in [-0.25, -0.2) is 0 Å². The molecule has 2 N–H and O–H groups in total. The topological polar surface area (TPSA) is 54.3 Å². The molecule has 0 saturated heterocycles. The molecule has 0 spiro atoms. The molecule has 160 valence electrons. The number of anilines is 1. The van der Waals surface area contributed by atoms with E-state index in [4.69, 9.17) is 39.8 Å². The number of hydrogen-bond acceptors (Lipinski definition) is 3. The fourth-order valence-corrected chi connectivity index (χ4v) is 3.76. The fraction of sp³-hybridized carbons (Fsp3) is 0.167. The quantitative estimate of drug-likeness (QED) is 0.292. The number of nitrogens with one attached hydrogen (secondary N) is 2. The van der Waals surface area contributed by atoms with Gasteiger partial charge in [0.15, 0.2) is 5.11 Å². The lowest BCUT2D eigenvalue weighted by molar-refractivity contribution is -0.115. The van der Waals surface area contributed by atoms with Crippen LogP contribution in [0, 0.1) is 0 Å². The maximum Gasteiger partial charge on any atom is 0.250 e. The highest BCUT2D eigenvalue weighted by molar-refractivity contribution is 7.80. The summed E-state index contributed by atoms with van der Waals surface area (Å²) >= 11 is 17.4. The summed E-state index contributed by atoms with van der Waals surface area (Å²) in [6, 6.07) is 16.6. The molecule has 0 aliphatic carbocycles. The monoisotopic (exact) mass is 472 g/mol. The first-order valence-electron chi connectivity index (χ1n) is 9.81. The highest BCUT2D eigenvalue weighted by Gasteiger charge is 2.10. The van der Waals surface area contributed by atoms with Crippen LogP contribution in [0.4, 0.5) is 5.69 Å². The molecule has 0 saturated carbocycles. The molecular weight excluding hydrogens is 451 g/mol. The minimum absolute atomic E-state index is 0.235. The van der Waals surface area contributed by atoms with E-state index >= 15 is 0 Å². The van der Waals surface area contributed by atoms with Gasteiger partial charge in [0.1, 0.15) is 11.5 Å². The smallest absolute Gasteiger partial charge is 0.250 e. The zero-order chi connectivity index (χ0) is 22.4. The van der Waals surface area contributed by atoms with Crippen LogP contribution < -0.4 is 10.6 Å². The average molecular weight is 473 g/mol. The summed E-state index contributed by atoms with van der Waals surface area (Å²) in [7, 11) is 0. The number of rotatable bonds is 6. The Morgan fingerprint density at radius 1 is 1.13 bits per heavy atom. The predicted octanol–water partition coefficient (Wildman–Crippen LogP) is 7.29. The van der Waals surface area contributed by atoms with Gasteiger partial charge in [-0.05, 0) is 72.6 Å². The Kier molecular flexibility index (Phi) is 7.91. The summed E-state index contributed by atoms with van der Waals surface area (Å²) in [5, 5.41) is 7.04. The molecule has 0 aliphatic heterocycles. The zero-order valence-corrected chi connectivity index (χ0v) is 19.4. The molecule has 3 aromatic rings. The summed E-state index contributed by atoms with van der Waals surface area (Å²) in [6.07, 6.45) is 3.94. The van der Waals surface area contributed by atoms with Crippen molar-refractivity contribution in [1.82, 2.24) is 5.32 Å². The molecule has 31 heavy (non-hydrogen) atoms. The Morgan fingerprint density at radius 2 is 1.84 bits per heavy atom. The van der Waals surface area contributed by atoms with Crippen molar-refractivity contribution in [2.24, 2.45) is 0 Å². The van der Waals surface area contributed by atoms with E-state index in [0.717, 1.165) is 23.2 Å². The van der Waals surface area contributed by atoms with Crippen LogP contribution in [0.5, 0.6) is 0 Å². The van der Waals surface area contributed by atoms with Gasteiger partial charge in [0.25, 0.3) is 0 Å². The number of carbonyl (C=O) groups excluding carboxylic acids is 1. The second-order valence-electron chi connectivity index (χ2n) is 7.03. The van der Waals surface area contributed by atoms with Crippen molar-refractivity contribution in [3.63, 3.8) is 0 Å². The second kappa shape index (κ2) is 10.6. The first-order valence-corrected chi connectivity index (χ1v) is 11.0. The van der Waals surface area contributed by atoms with Crippen molar-refractivity contribution < 1.29 is 9.21 Å². The molecule has 2 aromatic carbocycles. The van der Waals surface area contributed by atoms with Crippen LogP contribution >= 0.6 is 35.4 Å². The van der Waals surface area contributed by atoms with Crippen molar-refractivity contribution >= 4 is 58.2 Å². The van der Waals surface area contributed by atoms with Crippen molar-refractivity contribution in [3.8, 4) is 11.3 Å². The highest BCUT2D eigenvalue weighted by Crippen LogP contribution is 2.29. The summed E-state index contributed by atoms with van der Waals surface area (Å²) in [5.41, 5.74) is 2.80. The van der Waals surface area contributed by atoms with Crippen molar-refractivity contribution in [2.75, 3.05) is 5.32 Å². The standard InChI is InChI=1S/C24H22Cl2N2O2S/c1-3-15(2)20-6-4-5-7-21(20)27-24(31)28-23(29)11-9-19-8-10-22(30-19)16-12-17(25)14-18(26)13-16/h4-15H,3H2,1-2H3,(H2,27,28,29,31)/b11-9+. The Bertz CT molecular complexity index is 1100. The summed E-state index contributed by atoms with van der Waals surface area (Å²) in [5.74, 6) is 1.14. The van der Waals surface area contributed by atoms with Gasteiger partial charge in [0.2, 0.25) is 5.91 Å². The van der Waals surface area contributed by atoms with Gasteiger partial charge in [0.05, 0.1) is 0 Å². The van der Waals surface area contributed by atoms with Crippen molar-refractivity contribution in [3.05, 3.63) is 82.0 Å². The molecule has 7 heteroatoms. The van der Waals surface area contributed by atoms with Gasteiger partial charge >= 0.3 is 0 Å². The fourth-order valence-electron chi connectivity index (χ4n) is 3.02. The molecule has 1 atom stereocenters. The van der Waals surface area contributed by atoms with Crippen LogP contribution in [0.3, 0.4) is 0 Å². The molecular formula is C24H22Cl2N2O2S. The number of hydrogen-bond donors (Lipinski definition) is 2. The van der Waals surface area contributed by atoms with Crippen molar-refractivity contribution in [2.45, 2.75) is 26.2 Å². The first kappa shape index (κ1) is 23.1. The number of furan rings is 1. The molecule has 4 nitrogen and oxygen atoms in total. The lowest BCUT2D eigenvalue weighted by atomic mass is 9.97. The van der Waals surface area contributed by atoms with E-state index in [9.17, 15) is 4.79 Å². The van der Waals surface area contributed by atoms with E-state index in [1.54, 1.807) is 36.4 Å². The van der Waals surface area contributed by atoms with E-state index in [2.05, 4.69) is 30.5 Å². The third-order valence-electron chi connectivity index (χ3n) is 4.76. The van der Waals surface area contributed by atoms with Crippen LogP contribution in [-0.2, 0) is 4.79 Å². The van der Waals surface area contributed by atoms with Crippen LogP contribution in [0.15, 0.2) is 65.1 Å². The summed E-state index contributed by atoms with van der Waals surface area (Å²) in [4.78, 5) is 12.3. The predicted molar refractivity (Wildman–Crippen MR) is 133 cm³/mol. The lowest BCUT2D eigenvalue weighted by Gasteiger charge is -2.16. The largest absolute Gasteiger partial charge is 0.457 e. The van der Waals surface area contributed by atoms with E-state index in [1.165, 1.54) is 6.08 Å². The second-order valence-corrected chi connectivity index (χ2v) is 8.31. The van der Waals surface area contributed by atoms with E-state index in [-0.39, 0.29) is 11.0 Å². The minimum Gasteiger partial charge on any atom is -0.457 e. The van der Waals surface area contributed by atoms with E-state index in [0.29, 0.717) is 27.5 Å². The van der Waals surface area contributed by atoms with E-state index in [1.807, 2.05) is 18.2 Å². The number of para-hydroxylation sites is 1. The van der Waals surface area contributed by atoms with Crippen LogP contribution in [0.2, 0.25) is 10.0 Å². The molecule has 0 aliphatic rings. The Hall–Kier alpha value is -2.60. The Balaban J connectivity index is 1.61. The van der Waals surface area contributed by atoms with Crippen LogP contribution in [-0.4, -0.2) is 11.0 Å². The van der Waals surface area contributed by atoms with E-state index < -0.39 is 0 Å². The highest BCUT2D eigenvalue weighted by atomic mass is 35.5. The molecule has 0 radical (unpaired) electrons. The minimum atomic E-state index is -0.359. The van der Waals surface area contributed by atoms with Gasteiger partial charge in [-0.1, -0.05) is 55.2 Å². The number of thiocarbonyl (C=S) groups is 1. The number of benzene rings is 2. The first-order chi connectivity index (χ1) is 14.9. The van der Waals surface area contributed by atoms with Gasteiger partial charge in [-0.3, -0.25) is 10.1 Å². The Labute approximate surface area is 197 Å². The number of amides is 1. The summed E-state index contributed by atoms with van der Waals surface area (Å²) in [6.45, 7) is 4.28. The van der Waals surface area contributed by atoms with Crippen molar-refractivity contribution in [1.29, 1.82) is 0 Å². The SMILES string of the molecule is CCC(C)c1ccccc1NC(=S)NC(=O)/C=C/c1ccc(-c2cc(Cl)cc(Cl)c2)o1. The molecule has 3 rings (SSSR count).